The molecule has 0 spiro atoms. The van der Waals surface area contributed by atoms with Gasteiger partial charge in [0, 0.05) is 39.3 Å². The van der Waals surface area contributed by atoms with Gasteiger partial charge >= 0.3 is 12.0 Å². The molecule has 2 saturated heterocycles. The minimum atomic E-state index is -0.806. The van der Waals surface area contributed by atoms with Crippen LogP contribution in [0.25, 0.3) is 0 Å². The Kier molecular flexibility index (Phi) is 2.77. The van der Waals surface area contributed by atoms with E-state index in [-0.39, 0.29) is 11.9 Å². The number of nitrogens with zero attached hydrogens (tertiary/aromatic N) is 2. The molecule has 0 aliphatic carbocycles. The normalized spacial score (nSPS) is 22.4. The first-order valence-corrected chi connectivity index (χ1v) is 5.16. The second-order valence-corrected chi connectivity index (χ2v) is 3.96. The fraction of sp³-hybridized carbons (Fsp3) is 0.778. The van der Waals surface area contributed by atoms with Crippen LogP contribution in [0.15, 0.2) is 0 Å². The molecule has 2 amide bonds. The minimum Gasteiger partial charge on any atom is -0.481 e. The van der Waals surface area contributed by atoms with Gasteiger partial charge < -0.3 is 20.2 Å². The molecule has 0 radical (unpaired) electrons. The van der Waals surface area contributed by atoms with E-state index in [1.165, 1.54) is 0 Å². The predicted octanol–water partition coefficient (Wildman–Crippen LogP) is -0.972. The molecule has 2 heterocycles. The van der Waals surface area contributed by atoms with Gasteiger partial charge in [0.2, 0.25) is 0 Å². The number of carbonyl (C=O) groups is 2. The number of hydrogen-bond acceptors (Lipinski definition) is 3. The van der Waals surface area contributed by atoms with Gasteiger partial charge in [-0.1, -0.05) is 0 Å². The number of piperazine rings is 1. The average molecular weight is 213 g/mol. The van der Waals surface area contributed by atoms with Crippen LogP contribution in [0, 0.1) is 5.92 Å². The van der Waals surface area contributed by atoms with Gasteiger partial charge in [-0.2, -0.15) is 0 Å². The summed E-state index contributed by atoms with van der Waals surface area (Å²) < 4.78 is 0. The molecule has 2 rings (SSSR count). The third kappa shape index (κ3) is 2.04. The van der Waals surface area contributed by atoms with Gasteiger partial charge in [0.05, 0.1) is 5.92 Å². The average Bonchev–Trinajstić information content (AvgIpc) is 2.16. The van der Waals surface area contributed by atoms with Crippen molar-refractivity contribution in [1.29, 1.82) is 0 Å². The van der Waals surface area contributed by atoms with Crippen molar-refractivity contribution >= 4 is 12.0 Å². The first-order valence-electron chi connectivity index (χ1n) is 5.16. The molecule has 15 heavy (non-hydrogen) atoms. The van der Waals surface area contributed by atoms with Gasteiger partial charge in [-0.3, -0.25) is 4.79 Å². The molecule has 6 nitrogen and oxygen atoms in total. The molecule has 2 N–H and O–H groups in total. The Labute approximate surface area is 87.8 Å². The molecule has 0 aromatic rings. The molecule has 0 unspecified atom stereocenters. The van der Waals surface area contributed by atoms with Gasteiger partial charge in [-0.05, 0) is 0 Å². The summed E-state index contributed by atoms with van der Waals surface area (Å²) in [4.78, 5) is 25.7. The fourth-order valence-corrected chi connectivity index (χ4v) is 1.85. The van der Waals surface area contributed by atoms with Crippen molar-refractivity contribution in [2.45, 2.75) is 0 Å². The first-order chi connectivity index (χ1) is 7.18. The zero-order valence-electron chi connectivity index (χ0n) is 8.48. The summed E-state index contributed by atoms with van der Waals surface area (Å²) in [6.45, 7) is 3.79. The van der Waals surface area contributed by atoms with Crippen molar-refractivity contribution < 1.29 is 14.7 Å². The lowest BCUT2D eigenvalue weighted by atomic mass is 10.0. The van der Waals surface area contributed by atoms with E-state index in [4.69, 9.17) is 5.11 Å². The van der Waals surface area contributed by atoms with Crippen molar-refractivity contribution in [2.75, 3.05) is 39.3 Å². The van der Waals surface area contributed by atoms with Crippen molar-refractivity contribution in [1.82, 2.24) is 15.1 Å². The molecule has 0 bridgehead atoms. The van der Waals surface area contributed by atoms with Crippen LogP contribution in [-0.2, 0) is 4.79 Å². The number of aliphatic carboxylic acids is 1. The van der Waals surface area contributed by atoms with Gasteiger partial charge in [0.1, 0.15) is 0 Å². The van der Waals surface area contributed by atoms with Crippen LogP contribution < -0.4 is 5.32 Å². The molecule has 2 aliphatic rings. The van der Waals surface area contributed by atoms with Crippen LogP contribution in [0.1, 0.15) is 0 Å². The Balaban J connectivity index is 1.80. The van der Waals surface area contributed by atoms with Crippen molar-refractivity contribution in [3.05, 3.63) is 0 Å². The summed E-state index contributed by atoms with van der Waals surface area (Å²) in [5.74, 6) is -1.17. The van der Waals surface area contributed by atoms with E-state index in [2.05, 4.69) is 5.32 Å². The predicted molar refractivity (Wildman–Crippen MR) is 52.5 cm³/mol. The number of rotatable bonds is 1. The Bertz CT molecular complexity index is 270. The number of carbonyl (C=O) groups excluding carboxylic acids is 1. The van der Waals surface area contributed by atoms with E-state index < -0.39 is 5.97 Å². The number of carboxylic acid groups (broad SMARTS) is 1. The summed E-state index contributed by atoms with van der Waals surface area (Å²) in [5.41, 5.74) is 0. The molecule has 0 aromatic heterocycles. The van der Waals surface area contributed by atoms with Gasteiger partial charge in [0.15, 0.2) is 0 Å². The maximum absolute atomic E-state index is 11.8. The highest BCUT2D eigenvalue weighted by Crippen LogP contribution is 2.17. The molecule has 2 fully saturated rings. The number of carboxylic acids is 1. The van der Waals surface area contributed by atoms with Crippen LogP contribution in [0.4, 0.5) is 4.79 Å². The second-order valence-electron chi connectivity index (χ2n) is 3.96. The number of urea groups is 1. The lowest BCUT2D eigenvalue weighted by Crippen LogP contribution is -2.59. The number of likely N-dealkylation sites (tertiary alicyclic amines) is 1. The summed E-state index contributed by atoms with van der Waals surface area (Å²) in [7, 11) is 0. The molecule has 84 valence electrons. The SMILES string of the molecule is O=C(O)C1CN(C(=O)N2CCNCC2)C1. The zero-order valence-corrected chi connectivity index (χ0v) is 8.48. The maximum Gasteiger partial charge on any atom is 0.320 e. The molecule has 0 saturated carbocycles. The lowest BCUT2D eigenvalue weighted by Gasteiger charge is -2.41. The highest BCUT2D eigenvalue weighted by atomic mass is 16.4. The molecule has 0 atom stereocenters. The van der Waals surface area contributed by atoms with Crippen LogP contribution >= 0.6 is 0 Å². The smallest absolute Gasteiger partial charge is 0.320 e. The molecule has 6 heteroatoms. The zero-order chi connectivity index (χ0) is 10.8. The van der Waals surface area contributed by atoms with Crippen LogP contribution in [0.3, 0.4) is 0 Å². The fourth-order valence-electron chi connectivity index (χ4n) is 1.85. The number of nitrogens with one attached hydrogen (secondary N) is 1. The van der Waals surface area contributed by atoms with E-state index in [0.29, 0.717) is 26.2 Å². The Morgan fingerprint density at radius 2 is 1.73 bits per heavy atom. The topological polar surface area (TPSA) is 72.9 Å². The summed E-state index contributed by atoms with van der Waals surface area (Å²) in [6.07, 6.45) is 0. The number of amides is 2. The highest BCUT2D eigenvalue weighted by Gasteiger charge is 2.37. The van der Waals surface area contributed by atoms with E-state index in [0.717, 1.165) is 13.1 Å². The third-order valence-corrected chi connectivity index (χ3v) is 2.89. The molecular formula is C9H15N3O3. The van der Waals surface area contributed by atoms with Crippen LogP contribution in [0.5, 0.6) is 0 Å². The minimum absolute atomic E-state index is 0.0194. The van der Waals surface area contributed by atoms with Gasteiger partial charge in [-0.15, -0.1) is 0 Å². The summed E-state index contributed by atoms with van der Waals surface area (Å²) in [6, 6.07) is -0.0194. The van der Waals surface area contributed by atoms with Gasteiger partial charge in [0.25, 0.3) is 0 Å². The Morgan fingerprint density at radius 3 is 2.27 bits per heavy atom. The summed E-state index contributed by atoms with van der Waals surface area (Å²) in [5, 5.41) is 11.8. The first kappa shape index (κ1) is 10.2. The van der Waals surface area contributed by atoms with E-state index in [1.807, 2.05) is 0 Å². The highest BCUT2D eigenvalue weighted by molar-refractivity contribution is 5.79. The number of hydrogen-bond donors (Lipinski definition) is 2. The monoisotopic (exact) mass is 213 g/mol. The largest absolute Gasteiger partial charge is 0.481 e. The standard InChI is InChI=1S/C9H15N3O3/c13-8(14)7-5-12(6-7)9(15)11-3-1-10-2-4-11/h7,10H,1-6H2,(H,13,14). The Morgan fingerprint density at radius 1 is 1.13 bits per heavy atom. The van der Waals surface area contributed by atoms with Crippen molar-refractivity contribution in [3.63, 3.8) is 0 Å². The van der Waals surface area contributed by atoms with Crippen molar-refractivity contribution in [2.24, 2.45) is 5.92 Å². The molecular weight excluding hydrogens is 198 g/mol. The van der Waals surface area contributed by atoms with Gasteiger partial charge in [-0.25, -0.2) is 4.79 Å². The molecule has 0 aromatic carbocycles. The van der Waals surface area contributed by atoms with Crippen LogP contribution in [0.2, 0.25) is 0 Å². The van der Waals surface area contributed by atoms with E-state index in [1.54, 1.807) is 9.80 Å². The van der Waals surface area contributed by atoms with E-state index in [9.17, 15) is 9.59 Å². The Hall–Kier alpha value is -1.30. The second kappa shape index (κ2) is 4.06. The maximum atomic E-state index is 11.8. The summed E-state index contributed by atoms with van der Waals surface area (Å²) >= 11 is 0. The quantitative estimate of drug-likeness (QED) is 0.587. The lowest BCUT2D eigenvalue weighted by molar-refractivity contribution is -0.146. The van der Waals surface area contributed by atoms with Crippen molar-refractivity contribution in [3.8, 4) is 0 Å². The van der Waals surface area contributed by atoms with Crippen LogP contribution in [-0.4, -0.2) is 66.2 Å². The third-order valence-electron chi connectivity index (χ3n) is 2.89. The molecule has 2 aliphatic heterocycles. The van der Waals surface area contributed by atoms with E-state index >= 15 is 0 Å².